The molecule has 0 saturated carbocycles. The number of carboxylic acid groups (broad SMARTS) is 3. The van der Waals surface area contributed by atoms with Crippen molar-refractivity contribution >= 4 is 17.9 Å². The van der Waals surface area contributed by atoms with E-state index in [4.69, 9.17) is 0 Å². The molecule has 0 saturated heterocycles. The predicted molar refractivity (Wildman–Crippen MR) is 226 cm³/mol. The summed E-state index contributed by atoms with van der Waals surface area (Å²) >= 11 is 0. The van der Waals surface area contributed by atoms with E-state index < -0.39 is 17.9 Å². The molecule has 0 spiro atoms. The molecule has 7 heteroatoms. The molecule has 0 atom stereocenters. The molecule has 0 aromatic rings. The SMILES string of the molecule is CCCCCCCCCCCCCCCC(=O)[O-].CCCCCCCCCCCCCCCC(=O)[O-].CCCCCCCCCCCCCCCC(=O)[O-].[Au+3]. The summed E-state index contributed by atoms with van der Waals surface area (Å²) in [6, 6.07) is 0. The van der Waals surface area contributed by atoms with Crippen molar-refractivity contribution < 1.29 is 52.1 Å². The Morgan fingerprint density at radius 1 is 0.236 bits per heavy atom. The minimum absolute atomic E-state index is 0. The van der Waals surface area contributed by atoms with E-state index in [1.807, 2.05) is 0 Å². The second-order valence-electron chi connectivity index (χ2n) is 16.1. The van der Waals surface area contributed by atoms with Gasteiger partial charge in [0.2, 0.25) is 0 Å². The average molecular weight is 963 g/mol. The molecule has 0 bridgehead atoms. The molecule has 0 rings (SSSR count). The number of carbonyl (C=O) groups excluding carboxylic acids is 3. The fraction of sp³-hybridized carbons (Fsp3) is 0.938. The fourth-order valence-electron chi connectivity index (χ4n) is 6.86. The number of aliphatic carboxylic acids is 3. The zero-order chi connectivity index (χ0) is 40.4. The first-order valence-electron chi connectivity index (χ1n) is 23.9. The zero-order valence-corrected chi connectivity index (χ0v) is 39.1. The van der Waals surface area contributed by atoms with Crippen molar-refractivity contribution in [2.75, 3.05) is 0 Å². The van der Waals surface area contributed by atoms with Gasteiger partial charge in [-0.2, -0.15) is 0 Å². The molecule has 0 N–H and O–H groups in total. The van der Waals surface area contributed by atoms with Crippen molar-refractivity contribution in [1.82, 2.24) is 0 Å². The molecule has 6 nitrogen and oxygen atoms in total. The Balaban J connectivity index is -0.000000351. The van der Waals surface area contributed by atoms with Crippen LogP contribution in [0.5, 0.6) is 0 Å². The Kier molecular flexibility index (Phi) is 63.6. The van der Waals surface area contributed by atoms with Crippen LogP contribution in [0.2, 0.25) is 0 Å². The molecule has 0 aromatic heterocycles. The van der Waals surface area contributed by atoms with E-state index in [0.717, 1.165) is 38.5 Å². The molecule has 55 heavy (non-hydrogen) atoms. The van der Waals surface area contributed by atoms with E-state index in [1.54, 1.807) is 0 Å². The molecule has 0 radical (unpaired) electrons. The van der Waals surface area contributed by atoms with Gasteiger partial charge >= 0.3 is 22.4 Å². The first-order valence-corrected chi connectivity index (χ1v) is 23.9. The number of rotatable bonds is 42. The molecular formula is C48H93AuO6. The largest absolute Gasteiger partial charge is 3.00 e. The Labute approximate surface area is 358 Å². The van der Waals surface area contributed by atoms with Crippen LogP contribution in [0.4, 0.5) is 0 Å². The molecular weight excluding hydrogens is 869 g/mol. The van der Waals surface area contributed by atoms with Gasteiger partial charge in [0, 0.05) is 17.9 Å². The van der Waals surface area contributed by atoms with Crippen molar-refractivity contribution in [2.24, 2.45) is 0 Å². The molecule has 0 aromatic carbocycles. The Bertz CT molecular complexity index is 636. The first kappa shape index (κ1) is 60.8. The Morgan fingerprint density at radius 3 is 0.455 bits per heavy atom. The summed E-state index contributed by atoms with van der Waals surface area (Å²) in [4.78, 5) is 30.6. The third-order valence-electron chi connectivity index (χ3n) is 10.5. The van der Waals surface area contributed by atoms with Gasteiger partial charge in [0.05, 0.1) is 0 Å². The summed E-state index contributed by atoms with van der Waals surface area (Å²) in [5, 5.41) is 30.6. The van der Waals surface area contributed by atoms with Gasteiger partial charge in [0.25, 0.3) is 0 Å². The van der Waals surface area contributed by atoms with Gasteiger partial charge in [-0.25, -0.2) is 0 Å². The Morgan fingerprint density at radius 2 is 0.345 bits per heavy atom. The average Bonchev–Trinajstić information content (AvgIpc) is 3.14. The summed E-state index contributed by atoms with van der Waals surface area (Å²) in [7, 11) is 0. The van der Waals surface area contributed by atoms with Crippen LogP contribution in [0.25, 0.3) is 0 Å². The minimum Gasteiger partial charge on any atom is -0.550 e. The normalized spacial score (nSPS) is 10.5. The number of unbranched alkanes of at least 4 members (excludes halogenated alkanes) is 36. The maximum Gasteiger partial charge on any atom is 3.00 e. The van der Waals surface area contributed by atoms with E-state index in [-0.39, 0.29) is 41.6 Å². The fourth-order valence-corrected chi connectivity index (χ4v) is 6.86. The maximum absolute atomic E-state index is 10.2. The van der Waals surface area contributed by atoms with E-state index >= 15 is 0 Å². The standard InChI is InChI=1S/3C16H32O2.Au/c3*1-2-3-4-5-6-7-8-9-10-11-12-13-14-15-16(17)18;/h3*2-15H2,1H3,(H,17,18);/q;;;+3/p-3. The molecule has 0 aliphatic heterocycles. The minimum atomic E-state index is -0.905. The van der Waals surface area contributed by atoms with E-state index in [1.165, 1.54) is 212 Å². The van der Waals surface area contributed by atoms with Gasteiger partial charge < -0.3 is 29.7 Å². The molecule has 0 amide bonds. The smallest absolute Gasteiger partial charge is 0.550 e. The molecule has 0 fully saturated rings. The monoisotopic (exact) mass is 963 g/mol. The summed E-state index contributed by atoms with van der Waals surface area (Å²) in [6.45, 7) is 6.77. The van der Waals surface area contributed by atoms with Crippen molar-refractivity contribution in [3.05, 3.63) is 0 Å². The van der Waals surface area contributed by atoms with Crippen LogP contribution >= 0.6 is 0 Å². The third-order valence-corrected chi connectivity index (χ3v) is 10.5. The number of hydrogen-bond acceptors (Lipinski definition) is 6. The van der Waals surface area contributed by atoms with Gasteiger partial charge in [-0.3, -0.25) is 0 Å². The zero-order valence-electron chi connectivity index (χ0n) is 36.9. The Hall–Kier alpha value is -0.850. The second-order valence-corrected chi connectivity index (χ2v) is 16.1. The van der Waals surface area contributed by atoms with Crippen LogP contribution in [-0.2, 0) is 36.8 Å². The van der Waals surface area contributed by atoms with E-state index in [2.05, 4.69) is 20.8 Å². The van der Waals surface area contributed by atoms with Crippen molar-refractivity contribution in [2.45, 2.75) is 290 Å². The summed E-state index contributed by atoms with van der Waals surface area (Å²) in [5.74, 6) is -2.71. The number of carboxylic acids is 3. The van der Waals surface area contributed by atoms with Gasteiger partial charge in [0.15, 0.2) is 0 Å². The molecule has 0 aliphatic rings. The molecule has 0 unspecified atom stereocenters. The molecule has 0 aliphatic carbocycles. The van der Waals surface area contributed by atoms with Crippen LogP contribution in [-0.4, -0.2) is 17.9 Å². The van der Waals surface area contributed by atoms with Crippen LogP contribution in [0.1, 0.15) is 290 Å². The van der Waals surface area contributed by atoms with Crippen molar-refractivity contribution in [3.63, 3.8) is 0 Å². The van der Waals surface area contributed by atoms with Gasteiger partial charge in [-0.1, -0.05) is 252 Å². The van der Waals surface area contributed by atoms with Crippen LogP contribution < -0.4 is 15.3 Å². The topological polar surface area (TPSA) is 120 Å². The first-order chi connectivity index (χ1) is 26.3. The summed E-state index contributed by atoms with van der Waals surface area (Å²) in [5.41, 5.74) is 0. The van der Waals surface area contributed by atoms with Crippen LogP contribution in [0.15, 0.2) is 0 Å². The second kappa shape index (κ2) is 57.5. The third kappa shape index (κ3) is 71.3. The molecule has 0 heterocycles. The quantitative estimate of drug-likeness (QED) is 0.0444. The predicted octanol–water partition coefficient (Wildman–Crippen LogP) is 12.7. The van der Waals surface area contributed by atoms with E-state index in [9.17, 15) is 29.7 Å². The number of hydrogen-bond donors (Lipinski definition) is 0. The number of carbonyl (C=O) groups is 3. The summed E-state index contributed by atoms with van der Waals surface area (Å²) in [6.07, 6.45) is 50.8. The van der Waals surface area contributed by atoms with Gasteiger partial charge in [-0.15, -0.1) is 0 Å². The maximum atomic E-state index is 10.2. The van der Waals surface area contributed by atoms with Crippen LogP contribution in [0, 0.1) is 0 Å². The van der Waals surface area contributed by atoms with E-state index in [0.29, 0.717) is 0 Å². The van der Waals surface area contributed by atoms with Crippen molar-refractivity contribution in [1.29, 1.82) is 0 Å². The molecule has 332 valence electrons. The van der Waals surface area contributed by atoms with Crippen molar-refractivity contribution in [3.8, 4) is 0 Å². The van der Waals surface area contributed by atoms with Gasteiger partial charge in [-0.05, 0) is 38.5 Å². The van der Waals surface area contributed by atoms with Crippen LogP contribution in [0.3, 0.4) is 0 Å². The summed E-state index contributed by atoms with van der Waals surface area (Å²) < 4.78 is 0. The van der Waals surface area contributed by atoms with Gasteiger partial charge in [0.1, 0.15) is 0 Å².